The van der Waals surface area contributed by atoms with E-state index in [1.54, 1.807) is 0 Å². The SMILES string of the molecule is C/C(=C\[C@@H](OC(=O)C(C)(C)C)[C@@H]1C[C@H](C)CC[C@H]1C(C)C)CO[Si](C)(C)C(C)(C)C. The number of hydrogen-bond acceptors (Lipinski definition) is 3. The average molecular weight is 439 g/mol. The predicted octanol–water partition coefficient (Wildman–Crippen LogP) is 7.62. The molecule has 1 fully saturated rings. The lowest BCUT2D eigenvalue weighted by atomic mass is 9.68. The van der Waals surface area contributed by atoms with Crippen LogP contribution in [-0.2, 0) is 14.0 Å². The van der Waals surface area contributed by atoms with E-state index in [0.717, 1.165) is 6.42 Å². The Bertz CT molecular complexity index is 592. The Morgan fingerprint density at radius 2 is 1.63 bits per heavy atom. The molecule has 1 aliphatic rings. The van der Waals surface area contributed by atoms with Crippen LogP contribution in [0.5, 0.6) is 0 Å². The highest BCUT2D eigenvalue weighted by atomic mass is 28.4. The fourth-order valence-corrected chi connectivity index (χ4v) is 5.06. The second-order valence-corrected chi connectivity index (χ2v) is 17.5. The van der Waals surface area contributed by atoms with Gasteiger partial charge in [-0.1, -0.05) is 48.0 Å². The van der Waals surface area contributed by atoms with Crippen molar-refractivity contribution in [2.45, 2.75) is 113 Å². The van der Waals surface area contributed by atoms with Gasteiger partial charge in [0.1, 0.15) is 6.10 Å². The minimum atomic E-state index is -1.81. The number of hydrogen-bond donors (Lipinski definition) is 0. The number of esters is 1. The van der Waals surface area contributed by atoms with E-state index in [9.17, 15) is 4.79 Å². The quantitative estimate of drug-likeness (QED) is 0.233. The molecule has 0 aromatic carbocycles. The molecule has 4 atom stereocenters. The van der Waals surface area contributed by atoms with Crippen LogP contribution in [0.4, 0.5) is 0 Å². The van der Waals surface area contributed by atoms with E-state index < -0.39 is 13.7 Å². The maximum Gasteiger partial charge on any atom is 0.311 e. The molecule has 0 N–H and O–H groups in total. The Kier molecular flexibility index (Phi) is 9.45. The summed E-state index contributed by atoms with van der Waals surface area (Å²) in [5.41, 5.74) is 0.679. The van der Waals surface area contributed by atoms with Gasteiger partial charge in [-0.2, -0.15) is 0 Å². The number of ether oxygens (including phenoxy) is 1. The molecule has 0 bridgehead atoms. The summed E-state index contributed by atoms with van der Waals surface area (Å²) >= 11 is 0. The smallest absolute Gasteiger partial charge is 0.311 e. The second-order valence-electron chi connectivity index (χ2n) is 12.7. The highest BCUT2D eigenvalue weighted by molar-refractivity contribution is 6.74. The number of rotatable bonds is 7. The van der Waals surface area contributed by atoms with Gasteiger partial charge in [-0.15, -0.1) is 0 Å². The molecule has 0 heterocycles. The molecule has 176 valence electrons. The van der Waals surface area contributed by atoms with Crippen molar-refractivity contribution in [3.8, 4) is 0 Å². The Labute approximate surface area is 188 Å². The van der Waals surface area contributed by atoms with E-state index >= 15 is 0 Å². The summed E-state index contributed by atoms with van der Waals surface area (Å²) in [6.07, 6.45) is 5.65. The zero-order chi connectivity index (χ0) is 23.5. The van der Waals surface area contributed by atoms with Crippen molar-refractivity contribution in [2.24, 2.45) is 29.1 Å². The molecule has 1 saturated carbocycles. The van der Waals surface area contributed by atoms with E-state index in [4.69, 9.17) is 9.16 Å². The molecule has 1 rings (SSSR count). The van der Waals surface area contributed by atoms with Crippen molar-refractivity contribution in [1.82, 2.24) is 0 Å². The Morgan fingerprint density at radius 3 is 2.10 bits per heavy atom. The second kappa shape index (κ2) is 10.3. The summed E-state index contributed by atoms with van der Waals surface area (Å²) in [4.78, 5) is 12.8. The van der Waals surface area contributed by atoms with Crippen LogP contribution in [0.3, 0.4) is 0 Å². The van der Waals surface area contributed by atoms with Crippen molar-refractivity contribution in [3.05, 3.63) is 11.6 Å². The largest absolute Gasteiger partial charge is 0.457 e. The summed E-state index contributed by atoms with van der Waals surface area (Å²) in [5.74, 6) is 2.13. The molecule has 0 aliphatic heterocycles. The van der Waals surface area contributed by atoms with Crippen molar-refractivity contribution >= 4 is 14.3 Å². The third kappa shape index (κ3) is 7.82. The first-order chi connectivity index (χ1) is 13.5. The maximum atomic E-state index is 12.8. The highest BCUT2D eigenvalue weighted by Gasteiger charge is 2.39. The Balaban J connectivity index is 3.13. The zero-order valence-corrected chi connectivity index (χ0v) is 23.0. The van der Waals surface area contributed by atoms with Gasteiger partial charge in [0.25, 0.3) is 0 Å². The van der Waals surface area contributed by atoms with Gasteiger partial charge < -0.3 is 9.16 Å². The van der Waals surface area contributed by atoms with Crippen LogP contribution in [0.2, 0.25) is 18.1 Å². The molecular formula is C26H50O3Si. The summed E-state index contributed by atoms with van der Waals surface area (Å²) in [6.45, 7) is 26.9. The molecule has 0 aromatic heterocycles. The Morgan fingerprint density at radius 1 is 1.07 bits per heavy atom. The molecule has 3 nitrogen and oxygen atoms in total. The van der Waals surface area contributed by atoms with Crippen molar-refractivity contribution < 1.29 is 14.0 Å². The van der Waals surface area contributed by atoms with Crippen LogP contribution in [0.1, 0.15) is 88.5 Å². The molecule has 0 spiro atoms. The summed E-state index contributed by atoms with van der Waals surface area (Å²) in [7, 11) is -1.81. The van der Waals surface area contributed by atoms with Gasteiger partial charge >= 0.3 is 5.97 Å². The van der Waals surface area contributed by atoms with Crippen LogP contribution < -0.4 is 0 Å². The number of carbonyl (C=O) groups excluding carboxylic acids is 1. The minimum Gasteiger partial charge on any atom is -0.457 e. The van der Waals surface area contributed by atoms with Gasteiger partial charge in [0.05, 0.1) is 12.0 Å². The summed E-state index contributed by atoms with van der Waals surface area (Å²) in [6, 6.07) is 0. The van der Waals surface area contributed by atoms with E-state index in [0.29, 0.717) is 30.3 Å². The van der Waals surface area contributed by atoms with Gasteiger partial charge in [0, 0.05) is 5.92 Å². The fourth-order valence-electron chi connectivity index (χ4n) is 4.04. The fraction of sp³-hybridized carbons (Fsp3) is 0.885. The lowest BCUT2D eigenvalue weighted by molar-refractivity contribution is -0.161. The van der Waals surface area contributed by atoms with Gasteiger partial charge in [0.15, 0.2) is 8.32 Å². The lowest BCUT2D eigenvalue weighted by Crippen LogP contribution is -2.41. The van der Waals surface area contributed by atoms with Crippen LogP contribution in [0, 0.1) is 29.1 Å². The average Bonchev–Trinajstić information content (AvgIpc) is 2.57. The number of carbonyl (C=O) groups is 1. The van der Waals surface area contributed by atoms with Gasteiger partial charge in [-0.05, 0) is 88.1 Å². The topological polar surface area (TPSA) is 35.5 Å². The zero-order valence-electron chi connectivity index (χ0n) is 22.0. The molecule has 0 saturated heterocycles. The van der Waals surface area contributed by atoms with Crippen molar-refractivity contribution in [1.29, 1.82) is 0 Å². The van der Waals surface area contributed by atoms with Gasteiger partial charge in [-0.25, -0.2) is 0 Å². The molecule has 0 aromatic rings. The first-order valence-electron chi connectivity index (χ1n) is 12.0. The van der Waals surface area contributed by atoms with E-state index in [1.807, 2.05) is 20.8 Å². The Hall–Kier alpha value is -0.613. The molecule has 0 unspecified atom stereocenters. The van der Waals surface area contributed by atoms with E-state index in [2.05, 4.69) is 67.6 Å². The first-order valence-corrected chi connectivity index (χ1v) is 14.9. The normalized spacial score (nSPS) is 25.4. The van der Waals surface area contributed by atoms with Crippen LogP contribution in [0.15, 0.2) is 11.6 Å². The summed E-state index contributed by atoms with van der Waals surface area (Å²) < 4.78 is 12.6. The van der Waals surface area contributed by atoms with Crippen LogP contribution >= 0.6 is 0 Å². The minimum absolute atomic E-state index is 0.109. The standard InChI is InChI=1S/C26H50O3Si/c1-18(2)21-14-13-19(3)15-22(21)23(29-24(27)25(5,6)7)16-20(4)17-28-30(11,12)26(8,9)10/h16,18-19,21-23H,13-15,17H2,1-12H3/b20-16+/t19-,21+,22-,23-/m1/s1. The van der Waals surface area contributed by atoms with E-state index in [1.165, 1.54) is 18.4 Å². The third-order valence-electron chi connectivity index (χ3n) is 7.27. The van der Waals surface area contributed by atoms with E-state index in [-0.39, 0.29) is 17.1 Å². The van der Waals surface area contributed by atoms with Crippen LogP contribution in [0.25, 0.3) is 0 Å². The van der Waals surface area contributed by atoms with Crippen molar-refractivity contribution in [2.75, 3.05) is 6.61 Å². The third-order valence-corrected chi connectivity index (χ3v) is 11.7. The van der Waals surface area contributed by atoms with Gasteiger partial charge in [0.2, 0.25) is 0 Å². The molecule has 1 aliphatic carbocycles. The molecular weight excluding hydrogens is 388 g/mol. The first kappa shape index (κ1) is 27.4. The van der Waals surface area contributed by atoms with Gasteiger partial charge in [-0.3, -0.25) is 4.79 Å². The van der Waals surface area contributed by atoms with Crippen LogP contribution in [-0.4, -0.2) is 27.0 Å². The molecule has 4 heteroatoms. The predicted molar refractivity (Wildman–Crippen MR) is 131 cm³/mol. The lowest BCUT2D eigenvalue weighted by Gasteiger charge is -2.41. The molecule has 30 heavy (non-hydrogen) atoms. The highest BCUT2D eigenvalue weighted by Crippen LogP contribution is 2.42. The van der Waals surface area contributed by atoms with Crippen molar-refractivity contribution in [3.63, 3.8) is 0 Å². The summed E-state index contributed by atoms with van der Waals surface area (Å²) in [5, 5.41) is 0.187. The monoisotopic (exact) mass is 438 g/mol. The molecule has 0 radical (unpaired) electrons. The maximum absolute atomic E-state index is 12.8. The molecule has 0 amide bonds.